The van der Waals surface area contributed by atoms with Gasteiger partial charge >= 0.3 is 12.3 Å². The van der Waals surface area contributed by atoms with E-state index in [1.54, 1.807) is 12.1 Å². The van der Waals surface area contributed by atoms with Gasteiger partial charge in [-0.2, -0.15) is 0 Å². The topological polar surface area (TPSA) is 71.1 Å². The lowest BCUT2D eigenvalue weighted by Gasteiger charge is -2.21. The first-order valence-corrected chi connectivity index (χ1v) is 8.78. The summed E-state index contributed by atoms with van der Waals surface area (Å²) in [6.45, 7) is 7.13. The Labute approximate surface area is 162 Å². The molecule has 0 amide bonds. The molecule has 28 heavy (non-hydrogen) atoms. The normalized spacial score (nSPS) is 12.0. The second-order valence-electron chi connectivity index (χ2n) is 5.94. The van der Waals surface area contributed by atoms with Crippen molar-refractivity contribution in [2.24, 2.45) is 0 Å². The summed E-state index contributed by atoms with van der Waals surface area (Å²) in [7, 11) is 0. The summed E-state index contributed by atoms with van der Waals surface area (Å²) in [6, 6.07) is 7.22. The zero-order chi connectivity index (χ0) is 19.9. The van der Waals surface area contributed by atoms with Crippen LogP contribution < -0.4 is 9.47 Å². The minimum atomic E-state index is -0.819. The molecule has 0 saturated carbocycles. The molecule has 6 heteroatoms. The number of allylic oxidation sites excluding steroid dienone is 2. The maximum atomic E-state index is 12.1. The van der Waals surface area contributed by atoms with Gasteiger partial charge in [0, 0.05) is 21.9 Å². The number of carbonyl (C=O) groups excluding carboxylic acids is 2. The molecule has 2 aromatic carbocycles. The standard InChI is InChI=1S/C22H20O6/c1-3-13-25-21(23)27-19-15-9-5-7-11-17(15)20(28-22(24)26-14-4-2)18-12-8-6-10-16(18)19/h3-9,11H,1-2,10,12-14H2. The van der Waals surface area contributed by atoms with Crippen molar-refractivity contribution in [2.75, 3.05) is 13.2 Å². The van der Waals surface area contributed by atoms with Crippen LogP contribution in [0.4, 0.5) is 9.59 Å². The fourth-order valence-corrected chi connectivity index (χ4v) is 3.03. The van der Waals surface area contributed by atoms with Gasteiger partial charge in [0.1, 0.15) is 24.7 Å². The summed E-state index contributed by atoms with van der Waals surface area (Å²) in [5, 5.41) is 1.28. The van der Waals surface area contributed by atoms with Crippen molar-refractivity contribution in [2.45, 2.75) is 12.8 Å². The number of ether oxygens (including phenoxy) is 4. The summed E-state index contributed by atoms with van der Waals surface area (Å²) >= 11 is 0. The Balaban J connectivity index is 2.09. The van der Waals surface area contributed by atoms with Crippen molar-refractivity contribution in [1.29, 1.82) is 0 Å². The molecule has 1 aliphatic carbocycles. The van der Waals surface area contributed by atoms with Crippen LogP contribution in [0.5, 0.6) is 11.5 Å². The quantitative estimate of drug-likeness (QED) is 0.403. The highest BCUT2D eigenvalue weighted by molar-refractivity contribution is 5.98. The largest absolute Gasteiger partial charge is 0.514 e. The maximum absolute atomic E-state index is 12.1. The van der Waals surface area contributed by atoms with Gasteiger partial charge in [0.2, 0.25) is 0 Å². The molecule has 1 aliphatic rings. The van der Waals surface area contributed by atoms with Crippen LogP contribution in [0.25, 0.3) is 10.8 Å². The summed E-state index contributed by atoms with van der Waals surface area (Å²) in [4.78, 5) is 24.1. The zero-order valence-electron chi connectivity index (χ0n) is 15.3. The van der Waals surface area contributed by atoms with E-state index in [-0.39, 0.29) is 13.2 Å². The van der Waals surface area contributed by atoms with Gasteiger partial charge in [-0.3, -0.25) is 0 Å². The summed E-state index contributed by atoms with van der Waals surface area (Å²) in [5.41, 5.74) is 1.53. The van der Waals surface area contributed by atoms with Gasteiger partial charge in [0.05, 0.1) is 0 Å². The first-order chi connectivity index (χ1) is 13.7. The van der Waals surface area contributed by atoms with Gasteiger partial charge in [-0.25, -0.2) is 9.59 Å². The molecule has 144 valence electrons. The lowest BCUT2D eigenvalue weighted by molar-refractivity contribution is 0.107. The monoisotopic (exact) mass is 380 g/mol. The third-order valence-electron chi connectivity index (χ3n) is 4.15. The van der Waals surface area contributed by atoms with E-state index in [0.29, 0.717) is 35.1 Å². The Morgan fingerprint density at radius 3 is 1.64 bits per heavy atom. The molecule has 0 atom stereocenters. The van der Waals surface area contributed by atoms with Crippen molar-refractivity contribution in [3.8, 4) is 11.5 Å². The second-order valence-corrected chi connectivity index (χ2v) is 5.94. The van der Waals surface area contributed by atoms with E-state index >= 15 is 0 Å². The smallest absolute Gasteiger partial charge is 0.430 e. The maximum Gasteiger partial charge on any atom is 0.514 e. The predicted octanol–water partition coefficient (Wildman–Crippen LogP) is 4.90. The van der Waals surface area contributed by atoms with Crippen molar-refractivity contribution in [1.82, 2.24) is 0 Å². The third kappa shape index (κ3) is 4.06. The van der Waals surface area contributed by atoms with Crippen LogP contribution in [0.15, 0.2) is 61.7 Å². The van der Waals surface area contributed by atoms with E-state index in [4.69, 9.17) is 18.9 Å². The predicted molar refractivity (Wildman–Crippen MR) is 105 cm³/mol. The molecule has 0 aliphatic heterocycles. The first kappa shape index (κ1) is 19.2. The van der Waals surface area contributed by atoms with Crippen LogP contribution >= 0.6 is 0 Å². The average molecular weight is 380 g/mol. The summed E-state index contributed by atoms with van der Waals surface area (Å²) in [5.74, 6) is 0.798. The number of rotatable bonds is 6. The number of hydrogen-bond acceptors (Lipinski definition) is 6. The van der Waals surface area contributed by atoms with Crippen LogP contribution in [0.2, 0.25) is 0 Å². The molecule has 6 nitrogen and oxygen atoms in total. The van der Waals surface area contributed by atoms with Crippen molar-refractivity contribution in [3.05, 3.63) is 72.9 Å². The molecule has 0 saturated heterocycles. The average Bonchev–Trinajstić information content (AvgIpc) is 2.73. The molecule has 0 aromatic heterocycles. The summed E-state index contributed by atoms with van der Waals surface area (Å²) in [6.07, 6.45) is 6.29. The van der Waals surface area contributed by atoms with E-state index in [0.717, 1.165) is 11.1 Å². The SMILES string of the molecule is C=CCOC(=O)Oc1c2c(c(OC(=O)OCC=C)c3ccccc13)CC=CC2. The molecule has 2 aromatic rings. The lowest BCUT2D eigenvalue weighted by atomic mass is 9.90. The fourth-order valence-electron chi connectivity index (χ4n) is 3.03. The van der Waals surface area contributed by atoms with Crippen molar-refractivity contribution >= 4 is 23.1 Å². The van der Waals surface area contributed by atoms with E-state index in [2.05, 4.69) is 13.2 Å². The van der Waals surface area contributed by atoms with E-state index in [1.807, 2.05) is 24.3 Å². The van der Waals surface area contributed by atoms with Crippen LogP contribution in [0, 0.1) is 0 Å². The van der Waals surface area contributed by atoms with Gasteiger partial charge in [0.15, 0.2) is 0 Å². The van der Waals surface area contributed by atoms with Crippen LogP contribution in [0.1, 0.15) is 11.1 Å². The molecule has 0 N–H and O–H groups in total. The highest BCUT2D eigenvalue weighted by atomic mass is 16.7. The van der Waals surface area contributed by atoms with Gasteiger partial charge in [-0.1, -0.05) is 61.7 Å². The second kappa shape index (κ2) is 8.90. The van der Waals surface area contributed by atoms with Crippen LogP contribution in [-0.4, -0.2) is 25.5 Å². The molecule has 0 heterocycles. The molecular formula is C22H20O6. The van der Waals surface area contributed by atoms with Gasteiger partial charge in [-0.15, -0.1) is 0 Å². The van der Waals surface area contributed by atoms with Gasteiger partial charge < -0.3 is 18.9 Å². The van der Waals surface area contributed by atoms with Gasteiger partial charge in [0.25, 0.3) is 0 Å². The van der Waals surface area contributed by atoms with Crippen LogP contribution in [-0.2, 0) is 22.3 Å². The Kier molecular flexibility index (Phi) is 6.11. The first-order valence-electron chi connectivity index (χ1n) is 8.78. The highest BCUT2D eigenvalue weighted by Gasteiger charge is 2.25. The third-order valence-corrected chi connectivity index (χ3v) is 4.15. The Bertz CT molecular complexity index is 881. The number of hydrogen-bond donors (Lipinski definition) is 0. The van der Waals surface area contributed by atoms with E-state index < -0.39 is 12.3 Å². The molecule has 0 radical (unpaired) electrons. The Hall–Kier alpha value is -3.54. The minimum Gasteiger partial charge on any atom is -0.430 e. The van der Waals surface area contributed by atoms with Gasteiger partial charge in [-0.05, 0) is 12.8 Å². The Morgan fingerprint density at radius 1 is 0.821 bits per heavy atom. The molecule has 0 bridgehead atoms. The van der Waals surface area contributed by atoms with Crippen molar-refractivity contribution < 1.29 is 28.5 Å². The molecular weight excluding hydrogens is 360 g/mol. The molecule has 0 fully saturated rings. The van der Waals surface area contributed by atoms with E-state index in [1.165, 1.54) is 12.2 Å². The number of carbonyl (C=O) groups is 2. The fraction of sp³-hybridized carbons (Fsp3) is 0.182. The molecule has 0 unspecified atom stereocenters. The highest BCUT2D eigenvalue weighted by Crippen LogP contribution is 2.43. The zero-order valence-corrected chi connectivity index (χ0v) is 15.3. The summed E-state index contributed by atoms with van der Waals surface area (Å²) < 4.78 is 21.0. The number of fused-ring (bicyclic) bond motifs is 2. The lowest BCUT2D eigenvalue weighted by Crippen LogP contribution is -2.16. The van der Waals surface area contributed by atoms with E-state index in [9.17, 15) is 9.59 Å². The van der Waals surface area contributed by atoms with Crippen molar-refractivity contribution in [3.63, 3.8) is 0 Å². The number of benzene rings is 2. The minimum absolute atomic E-state index is 0.0508. The van der Waals surface area contributed by atoms with Crippen LogP contribution in [0.3, 0.4) is 0 Å². The molecule has 0 spiro atoms. The Morgan fingerprint density at radius 2 is 1.25 bits per heavy atom. The molecule has 3 rings (SSSR count).